The van der Waals surface area contributed by atoms with Crippen LogP contribution in [-0.4, -0.2) is 18.0 Å². The average Bonchev–Trinajstić information content (AvgIpc) is 2.06. The molecule has 3 heteroatoms. The first kappa shape index (κ1) is 6.37. The Kier molecular flexibility index (Phi) is 1.36. The number of aliphatic imine (C=N–C) groups is 1. The summed E-state index contributed by atoms with van der Waals surface area (Å²) in [4.78, 5) is 4.12. The molecule has 1 aliphatic rings. The zero-order valence-corrected chi connectivity index (χ0v) is 5.94. The van der Waals surface area contributed by atoms with Gasteiger partial charge in [-0.3, -0.25) is 10.2 Å². The smallest absolute Gasteiger partial charge is 0.0894 e. The third-order valence-electron chi connectivity index (χ3n) is 1.64. The fraction of sp³-hybridized carbons (Fsp3) is 0.125. The monoisotopic (exact) mass is 148 g/mol. The van der Waals surface area contributed by atoms with E-state index in [0.717, 1.165) is 11.4 Å². The number of rotatable bonds is 0. The molecule has 1 N–H and O–H groups in total. The minimum Gasteiger partial charge on any atom is -0.288 e. The van der Waals surface area contributed by atoms with Crippen LogP contribution in [0.3, 0.4) is 0 Å². The lowest BCUT2D eigenvalue weighted by atomic mass is 10.2. The molecule has 0 atom stereocenters. The molecular weight excluding hydrogens is 140 g/mol. The number of hydrogen-bond acceptors (Lipinski definition) is 3. The fourth-order valence-corrected chi connectivity index (χ4v) is 1.11. The molecule has 0 aromatic heterocycles. The lowest BCUT2D eigenvalue weighted by molar-refractivity contribution is 0.270. The predicted molar refractivity (Wildman–Crippen MR) is 43.7 cm³/mol. The molecule has 0 amide bonds. The van der Waals surface area contributed by atoms with E-state index in [4.69, 9.17) is 0 Å². The van der Waals surface area contributed by atoms with Crippen molar-refractivity contribution in [2.75, 3.05) is 11.6 Å². The van der Waals surface area contributed by atoms with Crippen LogP contribution in [0.25, 0.3) is 0 Å². The van der Waals surface area contributed by atoms with Gasteiger partial charge in [-0.2, -0.15) is 0 Å². The van der Waals surface area contributed by atoms with Crippen molar-refractivity contribution in [2.24, 2.45) is 4.99 Å². The zero-order chi connectivity index (χ0) is 7.68. The van der Waals surface area contributed by atoms with Crippen molar-refractivity contribution in [1.29, 1.82) is 0 Å². The standard InChI is InChI=1S/C8H8N2O/c11-10-6-5-9-7-3-1-2-4-8(7)10/h1-5,11H,6H2. The highest BCUT2D eigenvalue weighted by molar-refractivity contribution is 5.80. The van der Waals surface area contributed by atoms with Gasteiger partial charge in [-0.05, 0) is 12.1 Å². The summed E-state index contributed by atoms with van der Waals surface area (Å²) in [6.45, 7) is 0.469. The van der Waals surface area contributed by atoms with Crippen molar-refractivity contribution in [3.8, 4) is 0 Å². The van der Waals surface area contributed by atoms with Crippen LogP contribution in [0.5, 0.6) is 0 Å². The van der Waals surface area contributed by atoms with Gasteiger partial charge >= 0.3 is 0 Å². The van der Waals surface area contributed by atoms with Gasteiger partial charge in [0.05, 0.1) is 17.9 Å². The summed E-state index contributed by atoms with van der Waals surface area (Å²) in [5, 5.41) is 10.5. The van der Waals surface area contributed by atoms with E-state index in [0.29, 0.717) is 6.54 Å². The van der Waals surface area contributed by atoms with Gasteiger partial charge in [-0.15, -0.1) is 0 Å². The lowest BCUT2D eigenvalue weighted by Gasteiger charge is -2.19. The molecule has 2 rings (SSSR count). The van der Waals surface area contributed by atoms with Crippen LogP contribution in [0.15, 0.2) is 29.3 Å². The molecule has 0 saturated carbocycles. The largest absolute Gasteiger partial charge is 0.288 e. The summed E-state index contributed by atoms with van der Waals surface area (Å²) in [7, 11) is 0. The molecule has 0 radical (unpaired) electrons. The van der Waals surface area contributed by atoms with Crippen LogP contribution >= 0.6 is 0 Å². The van der Waals surface area contributed by atoms with Crippen molar-refractivity contribution in [3.05, 3.63) is 24.3 Å². The Morgan fingerprint density at radius 3 is 3.00 bits per heavy atom. The normalized spacial score (nSPS) is 14.8. The average molecular weight is 148 g/mol. The molecule has 0 aliphatic carbocycles. The number of hydrogen-bond donors (Lipinski definition) is 1. The quantitative estimate of drug-likeness (QED) is 0.606. The van der Waals surface area contributed by atoms with Crippen LogP contribution in [0, 0.1) is 0 Å². The van der Waals surface area contributed by atoms with Gasteiger partial charge in [0.15, 0.2) is 0 Å². The molecule has 56 valence electrons. The van der Waals surface area contributed by atoms with Gasteiger partial charge in [0.2, 0.25) is 0 Å². The molecule has 1 aliphatic heterocycles. The number of nitrogens with zero attached hydrogens (tertiary/aromatic N) is 2. The van der Waals surface area contributed by atoms with E-state index in [1.165, 1.54) is 5.06 Å². The van der Waals surface area contributed by atoms with Crippen LogP contribution in [0.1, 0.15) is 0 Å². The molecule has 3 nitrogen and oxygen atoms in total. The first-order valence-electron chi connectivity index (χ1n) is 3.46. The predicted octanol–water partition coefficient (Wildman–Crippen LogP) is 1.60. The maximum Gasteiger partial charge on any atom is 0.0894 e. The lowest BCUT2D eigenvalue weighted by Crippen LogP contribution is -2.22. The Hall–Kier alpha value is -1.35. The van der Waals surface area contributed by atoms with Crippen LogP contribution in [0.4, 0.5) is 11.4 Å². The topological polar surface area (TPSA) is 35.8 Å². The SMILES string of the molecule is ON1CC=Nc2ccccc21. The van der Waals surface area contributed by atoms with Crippen molar-refractivity contribution < 1.29 is 5.21 Å². The van der Waals surface area contributed by atoms with E-state index in [2.05, 4.69) is 4.99 Å². The zero-order valence-electron chi connectivity index (χ0n) is 5.94. The van der Waals surface area contributed by atoms with E-state index in [1.807, 2.05) is 24.3 Å². The van der Waals surface area contributed by atoms with E-state index in [9.17, 15) is 5.21 Å². The molecule has 1 aromatic rings. The molecule has 0 unspecified atom stereocenters. The maximum atomic E-state index is 9.30. The molecular formula is C8H8N2O. The van der Waals surface area contributed by atoms with Crippen molar-refractivity contribution in [3.63, 3.8) is 0 Å². The second-order valence-electron chi connectivity index (χ2n) is 2.38. The van der Waals surface area contributed by atoms with Gasteiger partial charge < -0.3 is 0 Å². The van der Waals surface area contributed by atoms with Crippen molar-refractivity contribution in [2.45, 2.75) is 0 Å². The number of hydroxylamine groups is 1. The van der Waals surface area contributed by atoms with E-state index < -0.39 is 0 Å². The first-order chi connectivity index (χ1) is 5.38. The number of fused-ring (bicyclic) bond motifs is 1. The van der Waals surface area contributed by atoms with Crippen LogP contribution in [0.2, 0.25) is 0 Å². The molecule has 0 saturated heterocycles. The Morgan fingerprint density at radius 1 is 1.36 bits per heavy atom. The van der Waals surface area contributed by atoms with Gasteiger partial charge in [0.1, 0.15) is 0 Å². The minimum absolute atomic E-state index is 0.469. The highest BCUT2D eigenvalue weighted by atomic mass is 16.5. The molecule has 1 heterocycles. The molecule has 0 bridgehead atoms. The van der Waals surface area contributed by atoms with Gasteiger partial charge in [0.25, 0.3) is 0 Å². The molecule has 11 heavy (non-hydrogen) atoms. The molecule has 1 aromatic carbocycles. The summed E-state index contributed by atoms with van der Waals surface area (Å²) in [5.41, 5.74) is 1.59. The highest BCUT2D eigenvalue weighted by Gasteiger charge is 2.09. The third kappa shape index (κ3) is 0.991. The van der Waals surface area contributed by atoms with Crippen molar-refractivity contribution >= 4 is 17.6 Å². The van der Waals surface area contributed by atoms with Crippen LogP contribution < -0.4 is 5.06 Å². The Balaban J connectivity index is 2.54. The number of anilines is 1. The van der Waals surface area contributed by atoms with E-state index in [1.54, 1.807) is 6.21 Å². The Bertz CT molecular complexity index is 296. The van der Waals surface area contributed by atoms with E-state index in [-0.39, 0.29) is 0 Å². The fourth-order valence-electron chi connectivity index (χ4n) is 1.11. The van der Waals surface area contributed by atoms with Crippen LogP contribution in [-0.2, 0) is 0 Å². The maximum absolute atomic E-state index is 9.30. The number of para-hydroxylation sites is 2. The summed E-state index contributed by atoms with van der Waals surface area (Å²) in [6.07, 6.45) is 1.68. The second kappa shape index (κ2) is 2.36. The second-order valence-corrected chi connectivity index (χ2v) is 2.38. The Morgan fingerprint density at radius 2 is 2.18 bits per heavy atom. The number of benzene rings is 1. The summed E-state index contributed by atoms with van der Waals surface area (Å²) in [6, 6.07) is 7.48. The molecule has 0 fully saturated rings. The summed E-state index contributed by atoms with van der Waals surface area (Å²) >= 11 is 0. The first-order valence-corrected chi connectivity index (χ1v) is 3.46. The van der Waals surface area contributed by atoms with Crippen molar-refractivity contribution in [1.82, 2.24) is 0 Å². The third-order valence-corrected chi connectivity index (χ3v) is 1.64. The minimum atomic E-state index is 0.469. The highest BCUT2D eigenvalue weighted by Crippen LogP contribution is 2.28. The Labute approximate surface area is 64.6 Å². The summed E-state index contributed by atoms with van der Waals surface area (Å²) in [5.74, 6) is 0. The van der Waals surface area contributed by atoms with E-state index >= 15 is 0 Å². The summed E-state index contributed by atoms with van der Waals surface area (Å²) < 4.78 is 0. The van der Waals surface area contributed by atoms with Gasteiger partial charge in [0, 0.05) is 6.21 Å². The van der Waals surface area contributed by atoms with Gasteiger partial charge in [-0.1, -0.05) is 12.1 Å². The van der Waals surface area contributed by atoms with Gasteiger partial charge in [-0.25, -0.2) is 5.06 Å². The molecule has 0 spiro atoms.